The molecule has 1 rings (SSSR count). The first-order chi connectivity index (χ1) is 7.26. The van der Waals surface area contributed by atoms with E-state index < -0.39 is 0 Å². The Kier molecular flexibility index (Phi) is 6.17. The number of hydrogen-bond acceptors (Lipinski definition) is 4. The lowest BCUT2D eigenvalue weighted by Crippen LogP contribution is -2.48. The molecule has 1 aliphatic heterocycles. The number of aliphatic hydroxyl groups is 1. The van der Waals surface area contributed by atoms with Crippen LogP contribution in [0, 0.1) is 0 Å². The van der Waals surface area contributed by atoms with Gasteiger partial charge < -0.3 is 14.7 Å². The van der Waals surface area contributed by atoms with Gasteiger partial charge in [0.25, 0.3) is 0 Å². The molecule has 1 atom stereocenters. The van der Waals surface area contributed by atoms with Crippen LogP contribution in [0.5, 0.6) is 0 Å². The molecule has 1 heterocycles. The molecule has 1 N–H and O–H groups in total. The molecule has 0 bridgehead atoms. The van der Waals surface area contributed by atoms with E-state index in [1.165, 1.54) is 0 Å². The van der Waals surface area contributed by atoms with Gasteiger partial charge in [0.15, 0.2) is 0 Å². The number of hydrogen-bond donors (Lipinski definition) is 1. The van der Waals surface area contributed by atoms with Gasteiger partial charge in [-0.3, -0.25) is 4.90 Å². The highest BCUT2D eigenvalue weighted by Crippen LogP contribution is 2.02. The van der Waals surface area contributed by atoms with Crippen LogP contribution in [0.1, 0.15) is 13.8 Å². The van der Waals surface area contributed by atoms with Gasteiger partial charge in [-0.15, -0.1) is 0 Å². The number of rotatable bonds is 6. The third-order valence-corrected chi connectivity index (χ3v) is 2.90. The van der Waals surface area contributed by atoms with Crippen molar-refractivity contribution in [2.45, 2.75) is 20.0 Å². The number of β-amino-alcohol motifs (C(OH)–C–C–N with tert-alkyl or cyclic N) is 1. The first-order valence-electron chi connectivity index (χ1n) is 5.96. The number of likely N-dealkylation sites (N-methyl/N-ethyl adjacent to an activating group) is 1. The molecule has 1 aliphatic rings. The molecule has 0 saturated carbocycles. The van der Waals surface area contributed by atoms with Crippen LogP contribution in [0.4, 0.5) is 0 Å². The van der Waals surface area contributed by atoms with Gasteiger partial charge in [-0.25, -0.2) is 0 Å². The summed E-state index contributed by atoms with van der Waals surface area (Å²) in [5, 5.41) is 9.68. The maximum absolute atomic E-state index is 9.68. The molecule has 1 fully saturated rings. The Labute approximate surface area is 92.8 Å². The van der Waals surface area contributed by atoms with Gasteiger partial charge in [0.05, 0.1) is 12.7 Å². The highest BCUT2D eigenvalue weighted by Gasteiger charge is 2.17. The van der Waals surface area contributed by atoms with Gasteiger partial charge in [0, 0.05) is 39.3 Å². The molecule has 0 amide bonds. The van der Waals surface area contributed by atoms with Gasteiger partial charge in [0.1, 0.15) is 0 Å². The molecule has 4 heteroatoms. The van der Waals surface area contributed by atoms with Gasteiger partial charge in [-0.05, 0) is 13.5 Å². The average molecular weight is 216 g/mol. The summed E-state index contributed by atoms with van der Waals surface area (Å²) in [7, 11) is 0. The average Bonchev–Trinajstić information content (AvgIpc) is 2.27. The minimum Gasteiger partial charge on any atom is -0.389 e. The van der Waals surface area contributed by atoms with Crippen molar-refractivity contribution in [1.29, 1.82) is 0 Å². The van der Waals surface area contributed by atoms with E-state index in [4.69, 9.17) is 4.74 Å². The topological polar surface area (TPSA) is 35.9 Å². The molecule has 0 aromatic heterocycles. The van der Waals surface area contributed by atoms with Crippen molar-refractivity contribution in [2.75, 3.05) is 52.5 Å². The summed E-state index contributed by atoms with van der Waals surface area (Å²) >= 11 is 0. The summed E-state index contributed by atoms with van der Waals surface area (Å²) in [6.45, 7) is 11.5. The van der Waals surface area contributed by atoms with Crippen molar-refractivity contribution >= 4 is 0 Å². The Bertz CT molecular complexity index is 159. The summed E-state index contributed by atoms with van der Waals surface area (Å²) in [4.78, 5) is 4.75. The van der Waals surface area contributed by atoms with E-state index in [2.05, 4.69) is 16.7 Å². The summed E-state index contributed by atoms with van der Waals surface area (Å²) in [5.74, 6) is 0. The third kappa shape index (κ3) is 4.93. The van der Waals surface area contributed by atoms with Crippen LogP contribution in [-0.4, -0.2) is 73.5 Å². The monoisotopic (exact) mass is 216 g/mol. The predicted octanol–water partition coefficient (Wildman–Crippen LogP) is 0.0213. The van der Waals surface area contributed by atoms with E-state index in [0.717, 1.165) is 39.3 Å². The highest BCUT2D eigenvalue weighted by atomic mass is 16.5. The van der Waals surface area contributed by atoms with Crippen molar-refractivity contribution in [1.82, 2.24) is 9.80 Å². The smallest absolute Gasteiger partial charge is 0.0900 e. The summed E-state index contributed by atoms with van der Waals surface area (Å²) in [5.41, 5.74) is 0. The lowest BCUT2D eigenvalue weighted by Gasteiger charge is -2.34. The molecular weight excluding hydrogens is 192 g/mol. The van der Waals surface area contributed by atoms with Gasteiger partial charge in [-0.2, -0.15) is 0 Å². The highest BCUT2D eigenvalue weighted by molar-refractivity contribution is 4.73. The Hall–Kier alpha value is -0.160. The minimum atomic E-state index is -0.335. The third-order valence-electron chi connectivity index (χ3n) is 2.90. The number of nitrogens with zero attached hydrogens (tertiary/aromatic N) is 2. The molecule has 0 aliphatic carbocycles. The normalized spacial score (nSPS) is 21.8. The number of ether oxygens (including phenoxy) is 1. The SMILES string of the molecule is CCOCC(O)CN1CCN(CC)CC1. The van der Waals surface area contributed by atoms with Crippen molar-refractivity contribution in [3.05, 3.63) is 0 Å². The van der Waals surface area contributed by atoms with Crippen LogP contribution in [0.3, 0.4) is 0 Å². The summed E-state index contributed by atoms with van der Waals surface area (Å²) < 4.78 is 5.19. The maximum atomic E-state index is 9.68. The largest absolute Gasteiger partial charge is 0.389 e. The predicted molar refractivity (Wildman–Crippen MR) is 61.1 cm³/mol. The fourth-order valence-electron chi connectivity index (χ4n) is 1.89. The van der Waals surface area contributed by atoms with Gasteiger partial charge in [-0.1, -0.05) is 6.92 Å². The Morgan fingerprint density at radius 1 is 1.13 bits per heavy atom. The zero-order valence-electron chi connectivity index (χ0n) is 9.98. The molecule has 0 aromatic carbocycles. The van der Waals surface area contributed by atoms with Crippen LogP contribution < -0.4 is 0 Å². The zero-order valence-corrected chi connectivity index (χ0v) is 9.98. The van der Waals surface area contributed by atoms with E-state index in [0.29, 0.717) is 13.2 Å². The Balaban J connectivity index is 2.12. The van der Waals surface area contributed by atoms with Crippen molar-refractivity contribution < 1.29 is 9.84 Å². The van der Waals surface area contributed by atoms with E-state index in [9.17, 15) is 5.11 Å². The number of aliphatic hydroxyl groups excluding tert-OH is 1. The van der Waals surface area contributed by atoms with Gasteiger partial charge >= 0.3 is 0 Å². The van der Waals surface area contributed by atoms with Crippen LogP contribution in [0.2, 0.25) is 0 Å². The molecule has 0 spiro atoms. The second-order valence-corrected chi connectivity index (χ2v) is 4.05. The lowest BCUT2D eigenvalue weighted by atomic mass is 10.2. The fraction of sp³-hybridized carbons (Fsp3) is 1.00. The fourth-order valence-corrected chi connectivity index (χ4v) is 1.89. The zero-order chi connectivity index (χ0) is 11.1. The van der Waals surface area contributed by atoms with Gasteiger partial charge in [0.2, 0.25) is 0 Å². The van der Waals surface area contributed by atoms with Crippen molar-refractivity contribution in [3.8, 4) is 0 Å². The number of piperazine rings is 1. The quantitative estimate of drug-likeness (QED) is 0.679. The first-order valence-corrected chi connectivity index (χ1v) is 5.96. The second kappa shape index (κ2) is 7.17. The molecule has 1 saturated heterocycles. The molecule has 0 aromatic rings. The summed E-state index contributed by atoms with van der Waals surface area (Å²) in [6, 6.07) is 0. The molecule has 1 unspecified atom stereocenters. The van der Waals surface area contributed by atoms with E-state index in [-0.39, 0.29) is 6.10 Å². The van der Waals surface area contributed by atoms with Crippen LogP contribution in [-0.2, 0) is 4.74 Å². The standard InChI is InChI=1S/C11H24N2O2/c1-3-12-5-7-13(8-6-12)9-11(14)10-15-4-2/h11,14H,3-10H2,1-2H3. The second-order valence-electron chi connectivity index (χ2n) is 4.05. The van der Waals surface area contributed by atoms with Crippen LogP contribution in [0.25, 0.3) is 0 Å². The minimum absolute atomic E-state index is 0.335. The van der Waals surface area contributed by atoms with Crippen LogP contribution in [0.15, 0.2) is 0 Å². The lowest BCUT2D eigenvalue weighted by molar-refractivity contribution is 0.0112. The van der Waals surface area contributed by atoms with Crippen molar-refractivity contribution in [2.24, 2.45) is 0 Å². The Morgan fingerprint density at radius 3 is 2.27 bits per heavy atom. The molecule has 0 radical (unpaired) electrons. The van der Waals surface area contributed by atoms with E-state index in [1.807, 2.05) is 6.92 Å². The molecule has 4 nitrogen and oxygen atoms in total. The Morgan fingerprint density at radius 2 is 1.73 bits per heavy atom. The van der Waals surface area contributed by atoms with Crippen LogP contribution >= 0.6 is 0 Å². The molecule has 90 valence electrons. The van der Waals surface area contributed by atoms with E-state index >= 15 is 0 Å². The first kappa shape index (κ1) is 12.9. The van der Waals surface area contributed by atoms with E-state index in [1.54, 1.807) is 0 Å². The molecule has 15 heavy (non-hydrogen) atoms. The maximum Gasteiger partial charge on any atom is 0.0900 e. The van der Waals surface area contributed by atoms with Crippen molar-refractivity contribution in [3.63, 3.8) is 0 Å². The summed E-state index contributed by atoms with van der Waals surface area (Å²) in [6.07, 6.45) is -0.335. The molecular formula is C11H24N2O2.